The quantitative estimate of drug-likeness (QED) is 0.719. The number of carboxylic acids is 1. The molecule has 0 aliphatic heterocycles. The number of carboxylic acid groups (broad SMARTS) is 1. The number of nitrogens with zero attached hydrogens (tertiary/aromatic N) is 1. The molecule has 0 heterocycles. The van der Waals surface area contributed by atoms with Crippen molar-refractivity contribution in [2.24, 2.45) is 0 Å². The zero-order chi connectivity index (χ0) is 15.8. The normalized spacial score (nSPS) is 10.5. The number of nitrogens with one attached hydrogen (secondary N) is 2. The molecule has 0 unspecified atom stereocenters. The number of anilines is 1. The molecule has 0 bridgehead atoms. The van der Waals surface area contributed by atoms with E-state index in [0.29, 0.717) is 17.8 Å². The van der Waals surface area contributed by atoms with Crippen molar-refractivity contribution < 1.29 is 14.7 Å². The third kappa shape index (κ3) is 5.43. The maximum Gasteiger partial charge on any atom is 0.335 e. The monoisotopic (exact) mass is 293 g/mol. The van der Waals surface area contributed by atoms with Gasteiger partial charge in [-0.2, -0.15) is 0 Å². The fraction of sp³-hybridized carbons (Fsp3) is 0.467. The van der Waals surface area contributed by atoms with Crippen molar-refractivity contribution >= 4 is 17.7 Å². The highest BCUT2D eigenvalue weighted by atomic mass is 16.4. The Kier molecular flexibility index (Phi) is 6.68. The minimum atomic E-state index is -0.978. The van der Waals surface area contributed by atoms with Crippen molar-refractivity contribution in [3.8, 4) is 0 Å². The summed E-state index contributed by atoms with van der Waals surface area (Å²) >= 11 is 0. The highest BCUT2D eigenvalue weighted by Crippen LogP contribution is 2.16. The van der Waals surface area contributed by atoms with Gasteiger partial charge in [-0.05, 0) is 43.8 Å². The van der Waals surface area contributed by atoms with Crippen molar-refractivity contribution in [2.45, 2.75) is 20.8 Å². The van der Waals surface area contributed by atoms with E-state index in [1.165, 1.54) is 12.1 Å². The first-order valence-electron chi connectivity index (χ1n) is 7.09. The lowest BCUT2D eigenvalue weighted by Crippen LogP contribution is -2.37. The smallest absolute Gasteiger partial charge is 0.335 e. The van der Waals surface area contributed by atoms with Gasteiger partial charge in [-0.25, -0.2) is 9.59 Å². The van der Waals surface area contributed by atoms with E-state index in [0.717, 1.165) is 19.6 Å². The Morgan fingerprint density at radius 2 is 1.90 bits per heavy atom. The molecule has 0 atom stereocenters. The van der Waals surface area contributed by atoms with Crippen LogP contribution in [0, 0.1) is 6.92 Å². The summed E-state index contributed by atoms with van der Waals surface area (Å²) in [6, 6.07) is 4.32. The first-order chi connectivity index (χ1) is 9.97. The van der Waals surface area contributed by atoms with E-state index in [-0.39, 0.29) is 11.6 Å². The van der Waals surface area contributed by atoms with Crippen LogP contribution in [0.4, 0.5) is 10.5 Å². The van der Waals surface area contributed by atoms with E-state index < -0.39 is 5.97 Å². The van der Waals surface area contributed by atoms with Crippen LogP contribution in [0.5, 0.6) is 0 Å². The summed E-state index contributed by atoms with van der Waals surface area (Å²) in [6.07, 6.45) is 0. The number of carbonyl (C=O) groups is 2. The van der Waals surface area contributed by atoms with Crippen LogP contribution in [0.25, 0.3) is 0 Å². The molecule has 3 N–H and O–H groups in total. The Labute approximate surface area is 125 Å². The predicted octanol–water partition coefficient (Wildman–Crippen LogP) is 2.16. The van der Waals surface area contributed by atoms with Crippen LogP contribution in [0.2, 0.25) is 0 Å². The van der Waals surface area contributed by atoms with Gasteiger partial charge in [0.2, 0.25) is 0 Å². The maximum atomic E-state index is 11.8. The van der Waals surface area contributed by atoms with Crippen LogP contribution in [-0.4, -0.2) is 48.2 Å². The lowest BCUT2D eigenvalue weighted by Gasteiger charge is -2.18. The van der Waals surface area contributed by atoms with E-state index in [2.05, 4.69) is 29.4 Å². The summed E-state index contributed by atoms with van der Waals surface area (Å²) in [7, 11) is 0. The molecule has 1 aromatic rings. The van der Waals surface area contributed by atoms with E-state index in [4.69, 9.17) is 5.11 Å². The zero-order valence-electron chi connectivity index (χ0n) is 12.8. The number of aromatic carboxylic acids is 1. The van der Waals surface area contributed by atoms with Crippen molar-refractivity contribution in [1.82, 2.24) is 10.2 Å². The fourth-order valence-corrected chi connectivity index (χ4v) is 1.97. The number of hydrogen-bond donors (Lipinski definition) is 3. The SMILES string of the molecule is CCN(CC)CCNC(=O)Nc1ccc(C(=O)O)cc1C. The fourth-order valence-electron chi connectivity index (χ4n) is 1.97. The van der Waals surface area contributed by atoms with Gasteiger partial charge in [0.05, 0.1) is 5.56 Å². The molecule has 0 aromatic heterocycles. The molecule has 1 rings (SSSR count). The second-order valence-corrected chi connectivity index (χ2v) is 4.74. The lowest BCUT2D eigenvalue weighted by molar-refractivity contribution is 0.0697. The number of urea groups is 1. The molecule has 6 heteroatoms. The zero-order valence-corrected chi connectivity index (χ0v) is 12.8. The molecule has 0 spiro atoms. The van der Waals surface area contributed by atoms with Crippen LogP contribution in [0.3, 0.4) is 0 Å². The average molecular weight is 293 g/mol. The van der Waals surface area contributed by atoms with E-state index in [1.54, 1.807) is 13.0 Å². The molecular weight excluding hydrogens is 270 g/mol. The Balaban J connectivity index is 2.50. The van der Waals surface area contributed by atoms with Crippen LogP contribution < -0.4 is 10.6 Å². The molecule has 0 aliphatic rings. The van der Waals surface area contributed by atoms with Gasteiger partial charge in [-0.1, -0.05) is 13.8 Å². The molecule has 0 saturated carbocycles. The third-order valence-corrected chi connectivity index (χ3v) is 3.33. The number of benzene rings is 1. The minimum absolute atomic E-state index is 0.208. The molecule has 0 saturated heterocycles. The first-order valence-corrected chi connectivity index (χ1v) is 7.09. The topological polar surface area (TPSA) is 81.7 Å². The van der Waals surface area contributed by atoms with Gasteiger partial charge >= 0.3 is 12.0 Å². The Bertz CT molecular complexity index is 499. The largest absolute Gasteiger partial charge is 0.478 e. The summed E-state index contributed by atoms with van der Waals surface area (Å²) in [4.78, 5) is 24.8. The number of hydrogen-bond acceptors (Lipinski definition) is 3. The second kappa shape index (κ2) is 8.26. The molecule has 1 aromatic carbocycles. The van der Waals surface area contributed by atoms with Crippen molar-refractivity contribution in [1.29, 1.82) is 0 Å². The Hall–Kier alpha value is -2.08. The molecular formula is C15H23N3O3. The third-order valence-electron chi connectivity index (χ3n) is 3.33. The molecule has 6 nitrogen and oxygen atoms in total. The van der Waals surface area contributed by atoms with Gasteiger partial charge in [0.1, 0.15) is 0 Å². The standard InChI is InChI=1S/C15H23N3O3/c1-4-18(5-2)9-8-16-15(21)17-13-7-6-12(14(19)20)10-11(13)3/h6-7,10H,4-5,8-9H2,1-3H3,(H,19,20)(H2,16,17,21). The maximum absolute atomic E-state index is 11.8. The molecule has 2 amide bonds. The number of aryl methyl sites for hydroxylation is 1. The van der Waals surface area contributed by atoms with Gasteiger partial charge in [-0.15, -0.1) is 0 Å². The second-order valence-electron chi connectivity index (χ2n) is 4.74. The van der Waals surface area contributed by atoms with Gasteiger partial charge in [0.25, 0.3) is 0 Å². The average Bonchev–Trinajstić information content (AvgIpc) is 2.45. The van der Waals surface area contributed by atoms with Gasteiger partial charge < -0.3 is 20.6 Å². The molecule has 116 valence electrons. The van der Waals surface area contributed by atoms with Crippen molar-refractivity contribution in [3.63, 3.8) is 0 Å². The minimum Gasteiger partial charge on any atom is -0.478 e. The lowest BCUT2D eigenvalue weighted by atomic mass is 10.1. The highest BCUT2D eigenvalue weighted by Gasteiger charge is 2.08. The highest BCUT2D eigenvalue weighted by molar-refractivity contribution is 5.92. The molecule has 0 radical (unpaired) electrons. The molecule has 21 heavy (non-hydrogen) atoms. The molecule has 0 aliphatic carbocycles. The van der Waals surface area contributed by atoms with E-state index >= 15 is 0 Å². The van der Waals surface area contributed by atoms with Gasteiger partial charge in [0.15, 0.2) is 0 Å². The Morgan fingerprint density at radius 1 is 1.24 bits per heavy atom. The number of carbonyl (C=O) groups excluding carboxylic acids is 1. The predicted molar refractivity (Wildman–Crippen MR) is 82.9 cm³/mol. The summed E-state index contributed by atoms with van der Waals surface area (Å²) in [5.74, 6) is -0.978. The number of likely N-dealkylation sites (N-methyl/N-ethyl adjacent to an activating group) is 1. The van der Waals surface area contributed by atoms with E-state index in [9.17, 15) is 9.59 Å². The van der Waals surface area contributed by atoms with Gasteiger partial charge in [-0.3, -0.25) is 0 Å². The van der Waals surface area contributed by atoms with Crippen molar-refractivity contribution in [3.05, 3.63) is 29.3 Å². The van der Waals surface area contributed by atoms with Crippen LogP contribution in [-0.2, 0) is 0 Å². The number of amides is 2. The summed E-state index contributed by atoms with van der Waals surface area (Å²) in [5.41, 5.74) is 1.54. The summed E-state index contributed by atoms with van der Waals surface area (Å²) in [5, 5.41) is 14.4. The van der Waals surface area contributed by atoms with Crippen LogP contribution in [0.1, 0.15) is 29.8 Å². The Morgan fingerprint density at radius 3 is 2.43 bits per heavy atom. The van der Waals surface area contributed by atoms with Crippen molar-refractivity contribution in [2.75, 3.05) is 31.5 Å². The first kappa shape index (κ1) is 17.0. The van der Waals surface area contributed by atoms with E-state index in [1.807, 2.05) is 0 Å². The summed E-state index contributed by atoms with van der Waals surface area (Å²) < 4.78 is 0. The van der Waals surface area contributed by atoms with Gasteiger partial charge in [0, 0.05) is 18.8 Å². The van der Waals surface area contributed by atoms with Crippen LogP contribution >= 0.6 is 0 Å². The molecule has 0 fully saturated rings. The number of rotatable bonds is 7. The summed E-state index contributed by atoms with van der Waals surface area (Å²) in [6.45, 7) is 9.20. The van der Waals surface area contributed by atoms with Crippen LogP contribution in [0.15, 0.2) is 18.2 Å².